The highest BCUT2D eigenvalue weighted by molar-refractivity contribution is 7.13. The van der Waals surface area contributed by atoms with Crippen LogP contribution in [-0.2, 0) is 36.9 Å². The van der Waals surface area contributed by atoms with E-state index in [1.54, 1.807) is 11.3 Å². The summed E-state index contributed by atoms with van der Waals surface area (Å²) in [5, 5.41) is 22.2. The number of thiazole rings is 1. The predicted octanol–water partition coefficient (Wildman–Crippen LogP) is 8.43. The van der Waals surface area contributed by atoms with Crippen LogP contribution in [0.3, 0.4) is 0 Å². The molecule has 1 saturated heterocycles. The van der Waals surface area contributed by atoms with Gasteiger partial charge >= 0.3 is 0 Å². The van der Waals surface area contributed by atoms with Crippen LogP contribution in [-0.4, -0.2) is 106 Å². The Labute approximate surface area is 435 Å². The number of aliphatic hydroxyl groups is 1. The zero-order valence-electron chi connectivity index (χ0n) is 43.1. The lowest BCUT2D eigenvalue weighted by molar-refractivity contribution is -0.144. The van der Waals surface area contributed by atoms with E-state index in [4.69, 9.17) is 24.5 Å². The second-order valence-electron chi connectivity index (χ2n) is 20.1. The number of nitrogens with two attached hydrogens (primary N) is 1. The fourth-order valence-corrected chi connectivity index (χ4v) is 10.5. The molecule has 1 aliphatic rings. The Balaban J connectivity index is 0.755. The maximum atomic E-state index is 14.0. The first-order valence-electron chi connectivity index (χ1n) is 25.3. The van der Waals surface area contributed by atoms with E-state index in [-0.39, 0.29) is 32.0 Å². The highest BCUT2D eigenvalue weighted by atomic mass is 32.1. The van der Waals surface area contributed by atoms with Crippen molar-refractivity contribution in [2.75, 3.05) is 39.6 Å². The number of aromatic nitrogens is 3. The Hall–Kier alpha value is -6.92. The Morgan fingerprint density at radius 1 is 0.851 bits per heavy atom. The van der Waals surface area contributed by atoms with Gasteiger partial charge in [-0.25, -0.2) is 4.98 Å². The topological polar surface area (TPSA) is 213 Å². The van der Waals surface area contributed by atoms with Gasteiger partial charge in [0.25, 0.3) is 0 Å². The molecule has 0 bridgehead atoms. The van der Waals surface area contributed by atoms with Gasteiger partial charge in [-0.05, 0) is 104 Å². The molecule has 0 radical (unpaired) electrons. The van der Waals surface area contributed by atoms with Gasteiger partial charge in [-0.3, -0.25) is 19.2 Å². The first-order valence-corrected chi connectivity index (χ1v) is 26.2. The summed E-state index contributed by atoms with van der Waals surface area (Å²) < 4.78 is 25.4. The van der Waals surface area contributed by atoms with Crippen LogP contribution in [0.15, 0.2) is 95.0 Å². The van der Waals surface area contributed by atoms with Crippen LogP contribution < -0.4 is 21.1 Å². The van der Waals surface area contributed by atoms with Crippen LogP contribution in [0.1, 0.15) is 91.5 Å². The minimum Gasteiger partial charge on any atom is -0.494 e. The molecular weight excluding hydrogens is 959 g/mol. The number of rotatable bonds is 23. The number of fused-ring (bicyclic) bond motifs is 3. The van der Waals surface area contributed by atoms with E-state index < -0.39 is 41.3 Å². The van der Waals surface area contributed by atoms with Gasteiger partial charge in [-0.1, -0.05) is 80.5 Å². The molecule has 16 nitrogen and oxygen atoms in total. The summed E-state index contributed by atoms with van der Waals surface area (Å²) in [4.78, 5) is 60.5. The van der Waals surface area contributed by atoms with Gasteiger partial charge in [-0.2, -0.15) is 0 Å². The molecule has 0 aliphatic carbocycles. The SMILES string of the molecule is Cc1ncsc1-c1ccc(CNC(=O)[C@@H]2C[C@@H](O)CN2C(=O)[C@@H](NC(=O)COCCCOCCCCCOc2ccc3c(c2)c2c(C(N)=O)cc(-c4c(C)noc4C)cc2n3Cc2ccccc2)C(C)(C)C)cc1. The Bertz CT molecular complexity index is 3070. The summed E-state index contributed by atoms with van der Waals surface area (Å²) >= 11 is 1.57. The number of carbonyl (C=O) groups is 4. The number of unbranched alkanes of at least 4 members (excludes halogenated alkanes) is 2. The first-order chi connectivity index (χ1) is 35.6. The van der Waals surface area contributed by atoms with Crippen molar-refractivity contribution in [3.63, 3.8) is 0 Å². The zero-order valence-corrected chi connectivity index (χ0v) is 43.9. The van der Waals surface area contributed by atoms with Crippen molar-refractivity contribution in [2.45, 2.75) is 105 Å². The number of nitrogens with one attached hydrogen (secondary N) is 2. The highest BCUT2D eigenvalue weighted by Crippen LogP contribution is 2.39. The van der Waals surface area contributed by atoms with Crippen LogP contribution >= 0.6 is 11.3 Å². The average molecular weight is 1030 g/mol. The third kappa shape index (κ3) is 12.7. The number of aliphatic hydroxyl groups excluding tert-OH is 1. The van der Waals surface area contributed by atoms with Crippen LogP contribution in [0, 0.1) is 26.2 Å². The monoisotopic (exact) mass is 1030 g/mol. The number of hydrogen-bond donors (Lipinski definition) is 4. The number of hydrogen-bond acceptors (Lipinski definition) is 12. The summed E-state index contributed by atoms with van der Waals surface area (Å²) in [5.74, 6) is -0.415. The predicted molar refractivity (Wildman–Crippen MR) is 286 cm³/mol. The van der Waals surface area contributed by atoms with Gasteiger partial charge < -0.3 is 49.7 Å². The molecule has 390 valence electrons. The number of aryl methyl sites for hydroxylation is 3. The molecule has 17 heteroatoms. The number of likely N-dealkylation sites (tertiary alicyclic amines) is 1. The van der Waals surface area contributed by atoms with Gasteiger partial charge in [-0.15, -0.1) is 11.3 Å². The number of primary amides is 1. The molecular formula is C57H67N7O9S. The molecule has 0 spiro atoms. The van der Waals surface area contributed by atoms with E-state index in [9.17, 15) is 24.3 Å². The molecule has 0 unspecified atom stereocenters. The van der Waals surface area contributed by atoms with E-state index in [1.807, 2.05) is 114 Å². The standard InChI is InChI=1S/C57H67N7O9S/c1-35-50(37(3)73-62-35)41-26-45(54(58)67)51-44-29-43(20-21-46(44)63(47(51)27-41)31-39-14-9-7-10-15-39)72-25-12-8-11-22-70-23-13-24-71-33-49(66)61-53(57(4,5)6)56(69)64-32-42(65)28-48(64)55(68)59-30-38-16-18-40(19-17-38)52-36(2)60-34-74-52/h7,9-10,14-21,26-27,29,34,42,48,53,65H,8,11-13,22-25,28,30-33H2,1-6H3,(H2,58,67)(H,59,68)(H,61,66)/t42-,48+,53-/m1/s1. The zero-order chi connectivity index (χ0) is 52.5. The summed E-state index contributed by atoms with van der Waals surface area (Å²) in [6.07, 6.45) is 2.37. The average Bonchev–Trinajstić information content (AvgIpc) is 4.16. The minimum absolute atomic E-state index is 0.0116. The first kappa shape index (κ1) is 53.4. The molecule has 4 heterocycles. The molecule has 3 aromatic heterocycles. The largest absolute Gasteiger partial charge is 0.494 e. The lowest BCUT2D eigenvalue weighted by atomic mass is 9.85. The Morgan fingerprint density at radius 3 is 2.30 bits per heavy atom. The van der Waals surface area contributed by atoms with Crippen molar-refractivity contribution < 1.29 is 43.0 Å². The molecule has 7 aromatic rings. The molecule has 8 rings (SSSR count). The summed E-state index contributed by atoms with van der Waals surface area (Å²) in [7, 11) is 0. The Kier molecular flexibility index (Phi) is 17.3. The molecule has 74 heavy (non-hydrogen) atoms. The molecule has 4 amide bonds. The second-order valence-corrected chi connectivity index (χ2v) is 21.0. The smallest absolute Gasteiger partial charge is 0.249 e. The van der Waals surface area contributed by atoms with Crippen molar-refractivity contribution in [3.05, 3.63) is 124 Å². The number of ether oxygens (including phenoxy) is 3. The van der Waals surface area contributed by atoms with Crippen molar-refractivity contribution in [1.29, 1.82) is 0 Å². The lowest BCUT2D eigenvalue weighted by Gasteiger charge is -2.35. The van der Waals surface area contributed by atoms with E-state index in [1.165, 1.54) is 4.90 Å². The van der Waals surface area contributed by atoms with Gasteiger partial charge in [0.05, 0.1) is 40.0 Å². The maximum absolute atomic E-state index is 14.0. The van der Waals surface area contributed by atoms with Gasteiger partial charge in [0.1, 0.15) is 30.2 Å². The maximum Gasteiger partial charge on any atom is 0.249 e. The van der Waals surface area contributed by atoms with Crippen molar-refractivity contribution in [3.8, 4) is 27.3 Å². The number of nitrogens with zero attached hydrogens (tertiary/aromatic N) is 4. The lowest BCUT2D eigenvalue weighted by Crippen LogP contribution is -2.58. The highest BCUT2D eigenvalue weighted by Gasteiger charge is 2.44. The summed E-state index contributed by atoms with van der Waals surface area (Å²) in [5.41, 5.74) is 15.9. The molecule has 0 saturated carbocycles. The van der Waals surface area contributed by atoms with E-state index in [2.05, 4.69) is 43.5 Å². The van der Waals surface area contributed by atoms with Crippen LogP contribution in [0.2, 0.25) is 0 Å². The molecule has 1 aliphatic heterocycles. The molecule has 1 fully saturated rings. The van der Waals surface area contributed by atoms with Crippen LogP contribution in [0.5, 0.6) is 5.75 Å². The quantitative estimate of drug-likeness (QED) is 0.0447. The number of benzene rings is 4. The van der Waals surface area contributed by atoms with E-state index in [0.29, 0.717) is 56.5 Å². The van der Waals surface area contributed by atoms with Gasteiger partial charge in [0, 0.05) is 73.3 Å². The van der Waals surface area contributed by atoms with Crippen LogP contribution in [0.25, 0.3) is 43.4 Å². The van der Waals surface area contributed by atoms with Gasteiger partial charge in [0.15, 0.2) is 0 Å². The number of β-amino-alcohol motifs (C(OH)–C–C–N with tert-alkyl or cyclic N) is 1. The molecule has 5 N–H and O–H groups in total. The Morgan fingerprint density at radius 2 is 1.59 bits per heavy atom. The van der Waals surface area contributed by atoms with E-state index >= 15 is 0 Å². The number of carbonyl (C=O) groups excluding carboxylic acids is 4. The van der Waals surface area contributed by atoms with E-state index in [0.717, 1.165) is 85.2 Å². The van der Waals surface area contributed by atoms with Gasteiger partial charge in [0.2, 0.25) is 23.6 Å². The van der Waals surface area contributed by atoms with Crippen molar-refractivity contribution in [2.24, 2.45) is 11.1 Å². The minimum atomic E-state index is -0.955. The summed E-state index contributed by atoms with van der Waals surface area (Å²) in [6.45, 7) is 13.7. The fourth-order valence-electron chi connectivity index (χ4n) is 9.65. The fraction of sp³-hybridized carbons (Fsp3) is 0.404. The third-order valence-corrected chi connectivity index (χ3v) is 14.4. The normalized spacial score (nSPS) is 15.2. The molecule has 3 atom stereocenters. The van der Waals surface area contributed by atoms with Crippen LogP contribution in [0.4, 0.5) is 0 Å². The second kappa shape index (κ2) is 24.0. The molecule has 4 aromatic carbocycles. The van der Waals surface area contributed by atoms with Crippen molar-refractivity contribution >= 4 is 56.8 Å². The number of amides is 4. The van der Waals surface area contributed by atoms with Crippen molar-refractivity contribution in [1.82, 2.24) is 30.2 Å². The third-order valence-electron chi connectivity index (χ3n) is 13.4. The summed E-state index contributed by atoms with van der Waals surface area (Å²) in [6, 6.07) is 26.1.